The highest BCUT2D eigenvalue weighted by Gasteiger charge is 2.09. The Bertz CT molecular complexity index is 598. The predicted octanol–water partition coefficient (Wildman–Crippen LogP) is 3.70. The largest absolute Gasteiger partial charge is 0.493 e. The highest BCUT2D eigenvalue weighted by molar-refractivity contribution is 5.86. The van der Waals surface area contributed by atoms with E-state index in [1.54, 1.807) is 49.6 Å². The number of methoxy groups -OCH3 is 1. The summed E-state index contributed by atoms with van der Waals surface area (Å²) in [7, 11) is 1.56. The fourth-order valence-corrected chi connectivity index (χ4v) is 1.76. The molecule has 110 valence electrons. The second-order valence-electron chi connectivity index (χ2n) is 4.13. The van der Waals surface area contributed by atoms with Gasteiger partial charge in [-0.25, -0.2) is 4.79 Å². The fourth-order valence-electron chi connectivity index (χ4n) is 1.76. The van der Waals surface area contributed by atoms with Gasteiger partial charge in [0.25, 0.3) is 0 Å². The number of para-hydroxylation sites is 1. The molecular formula is C16H17NO4. The second-order valence-corrected chi connectivity index (χ2v) is 4.13. The van der Waals surface area contributed by atoms with Gasteiger partial charge in [0, 0.05) is 11.8 Å². The van der Waals surface area contributed by atoms with Gasteiger partial charge in [0.15, 0.2) is 11.5 Å². The highest BCUT2D eigenvalue weighted by atomic mass is 16.6. The Morgan fingerprint density at radius 3 is 2.52 bits per heavy atom. The summed E-state index contributed by atoms with van der Waals surface area (Å²) in [5, 5.41) is 2.64. The highest BCUT2D eigenvalue weighted by Crippen LogP contribution is 2.30. The third kappa shape index (κ3) is 4.14. The Hall–Kier alpha value is -2.69. The number of nitrogens with one attached hydrogen (secondary N) is 1. The van der Waals surface area contributed by atoms with Crippen molar-refractivity contribution < 1.29 is 19.0 Å². The van der Waals surface area contributed by atoms with E-state index in [2.05, 4.69) is 5.32 Å². The standard InChI is InChI=1S/C16H17NO4/c1-3-20-15-11-12(9-10-14(15)19-2)17-16(18)21-13-7-5-4-6-8-13/h4-11H,3H2,1-2H3,(H,17,18). The summed E-state index contributed by atoms with van der Waals surface area (Å²) < 4.78 is 15.8. The van der Waals surface area contributed by atoms with E-state index < -0.39 is 6.09 Å². The molecule has 0 radical (unpaired) electrons. The molecule has 0 fully saturated rings. The van der Waals surface area contributed by atoms with Crippen molar-refractivity contribution in [3.05, 3.63) is 48.5 Å². The number of carbonyl (C=O) groups is 1. The summed E-state index contributed by atoms with van der Waals surface area (Å²) in [5.41, 5.74) is 0.570. The maximum absolute atomic E-state index is 11.8. The van der Waals surface area contributed by atoms with Crippen molar-refractivity contribution in [2.75, 3.05) is 19.0 Å². The number of carbonyl (C=O) groups excluding carboxylic acids is 1. The van der Waals surface area contributed by atoms with Crippen LogP contribution in [-0.2, 0) is 0 Å². The Kier molecular flexibility index (Phi) is 5.04. The summed E-state index contributed by atoms with van der Waals surface area (Å²) in [4.78, 5) is 11.8. The van der Waals surface area contributed by atoms with Crippen molar-refractivity contribution in [2.45, 2.75) is 6.92 Å². The lowest BCUT2D eigenvalue weighted by molar-refractivity contribution is 0.215. The van der Waals surface area contributed by atoms with Crippen molar-refractivity contribution in [1.82, 2.24) is 0 Å². The molecule has 1 amide bonds. The zero-order valence-corrected chi connectivity index (χ0v) is 12.0. The van der Waals surface area contributed by atoms with Gasteiger partial charge in [-0.05, 0) is 31.2 Å². The minimum absolute atomic E-state index is 0.480. The molecule has 0 aliphatic heterocycles. The maximum Gasteiger partial charge on any atom is 0.417 e. The molecule has 0 saturated carbocycles. The monoisotopic (exact) mass is 287 g/mol. The summed E-state index contributed by atoms with van der Waals surface area (Å²) >= 11 is 0. The van der Waals surface area contributed by atoms with Gasteiger partial charge in [-0.3, -0.25) is 5.32 Å². The Labute approximate surface area is 123 Å². The normalized spacial score (nSPS) is 9.81. The Morgan fingerprint density at radius 2 is 1.86 bits per heavy atom. The predicted molar refractivity (Wildman–Crippen MR) is 80.3 cm³/mol. The van der Waals surface area contributed by atoms with Crippen LogP contribution in [0.5, 0.6) is 17.2 Å². The first-order valence-corrected chi connectivity index (χ1v) is 6.57. The Balaban J connectivity index is 2.05. The molecule has 0 aliphatic rings. The van der Waals surface area contributed by atoms with Crippen molar-refractivity contribution in [1.29, 1.82) is 0 Å². The van der Waals surface area contributed by atoms with Gasteiger partial charge in [0.05, 0.1) is 13.7 Å². The number of benzene rings is 2. The lowest BCUT2D eigenvalue weighted by atomic mass is 10.3. The molecule has 0 heterocycles. The van der Waals surface area contributed by atoms with Crippen LogP contribution >= 0.6 is 0 Å². The van der Waals surface area contributed by atoms with E-state index in [1.807, 2.05) is 13.0 Å². The molecule has 2 aromatic carbocycles. The number of hydrogen-bond donors (Lipinski definition) is 1. The fraction of sp³-hybridized carbons (Fsp3) is 0.188. The minimum Gasteiger partial charge on any atom is -0.493 e. The van der Waals surface area contributed by atoms with Crippen LogP contribution in [0.4, 0.5) is 10.5 Å². The van der Waals surface area contributed by atoms with Crippen LogP contribution in [0, 0.1) is 0 Å². The minimum atomic E-state index is -0.561. The van der Waals surface area contributed by atoms with Crippen LogP contribution in [0.2, 0.25) is 0 Å². The first-order valence-electron chi connectivity index (χ1n) is 6.57. The molecule has 0 unspecified atom stereocenters. The third-order valence-electron chi connectivity index (χ3n) is 2.66. The van der Waals surface area contributed by atoms with Crippen molar-refractivity contribution >= 4 is 11.8 Å². The molecular weight excluding hydrogens is 270 g/mol. The van der Waals surface area contributed by atoms with E-state index in [0.29, 0.717) is 29.5 Å². The average molecular weight is 287 g/mol. The number of hydrogen-bond acceptors (Lipinski definition) is 4. The van der Waals surface area contributed by atoms with Gasteiger partial charge in [0.2, 0.25) is 0 Å². The quantitative estimate of drug-likeness (QED) is 0.911. The van der Waals surface area contributed by atoms with Crippen LogP contribution in [-0.4, -0.2) is 19.8 Å². The van der Waals surface area contributed by atoms with Crippen molar-refractivity contribution in [2.24, 2.45) is 0 Å². The zero-order chi connectivity index (χ0) is 15.1. The van der Waals surface area contributed by atoms with Crippen molar-refractivity contribution in [3.63, 3.8) is 0 Å². The van der Waals surface area contributed by atoms with E-state index in [1.165, 1.54) is 0 Å². The molecule has 1 N–H and O–H groups in total. The van der Waals surface area contributed by atoms with Crippen molar-refractivity contribution in [3.8, 4) is 17.2 Å². The Morgan fingerprint density at radius 1 is 1.10 bits per heavy atom. The van der Waals surface area contributed by atoms with Gasteiger partial charge in [-0.15, -0.1) is 0 Å². The van der Waals surface area contributed by atoms with Gasteiger partial charge >= 0.3 is 6.09 Å². The first kappa shape index (κ1) is 14.7. The number of rotatable bonds is 5. The van der Waals surface area contributed by atoms with Crippen LogP contribution in [0.3, 0.4) is 0 Å². The molecule has 21 heavy (non-hydrogen) atoms. The molecule has 0 aliphatic carbocycles. The molecule has 0 saturated heterocycles. The van der Waals surface area contributed by atoms with E-state index in [9.17, 15) is 4.79 Å². The van der Waals surface area contributed by atoms with Crippen LogP contribution in [0.25, 0.3) is 0 Å². The summed E-state index contributed by atoms with van der Waals surface area (Å²) in [5.74, 6) is 1.66. The molecule has 0 bridgehead atoms. The lowest BCUT2D eigenvalue weighted by Gasteiger charge is -2.12. The summed E-state index contributed by atoms with van der Waals surface area (Å²) in [6.07, 6.45) is -0.561. The zero-order valence-electron chi connectivity index (χ0n) is 12.0. The first-order chi connectivity index (χ1) is 10.2. The van der Waals surface area contributed by atoms with Crippen LogP contribution in [0.1, 0.15) is 6.92 Å². The van der Waals surface area contributed by atoms with Crippen LogP contribution < -0.4 is 19.5 Å². The molecule has 0 spiro atoms. The van der Waals surface area contributed by atoms with Gasteiger partial charge < -0.3 is 14.2 Å². The molecule has 5 nitrogen and oxygen atoms in total. The van der Waals surface area contributed by atoms with E-state index in [4.69, 9.17) is 14.2 Å². The molecule has 0 aromatic heterocycles. The molecule has 5 heteroatoms. The molecule has 2 aromatic rings. The maximum atomic E-state index is 11.8. The average Bonchev–Trinajstić information content (AvgIpc) is 2.49. The lowest BCUT2D eigenvalue weighted by Crippen LogP contribution is -2.16. The smallest absolute Gasteiger partial charge is 0.417 e. The summed E-state index contributed by atoms with van der Waals surface area (Å²) in [6.45, 7) is 2.39. The van der Waals surface area contributed by atoms with E-state index >= 15 is 0 Å². The van der Waals surface area contributed by atoms with Crippen LogP contribution in [0.15, 0.2) is 48.5 Å². The summed E-state index contributed by atoms with van der Waals surface area (Å²) in [6, 6.07) is 14.0. The van der Waals surface area contributed by atoms with Gasteiger partial charge in [0.1, 0.15) is 5.75 Å². The third-order valence-corrected chi connectivity index (χ3v) is 2.66. The topological polar surface area (TPSA) is 56.8 Å². The van der Waals surface area contributed by atoms with E-state index in [-0.39, 0.29) is 0 Å². The number of amides is 1. The van der Waals surface area contributed by atoms with Gasteiger partial charge in [-0.1, -0.05) is 18.2 Å². The van der Waals surface area contributed by atoms with E-state index in [0.717, 1.165) is 0 Å². The number of ether oxygens (including phenoxy) is 3. The number of anilines is 1. The molecule has 2 rings (SSSR count). The second kappa shape index (κ2) is 7.19. The van der Waals surface area contributed by atoms with Gasteiger partial charge in [-0.2, -0.15) is 0 Å². The SMILES string of the molecule is CCOc1cc(NC(=O)Oc2ccccc2)ccc1OC. The molecule has 0 atom stereocenters.